The molecular weight excluding hydrogens is 606 g/mol. The quantitative estimate of drug-likeness (QED) is 0.126. The second kappa shape index (κ2) is 19.4. The smallest absolute Gasteiger partial charge is 0.303 e. The minimum atomic E-state index is -1.07. The molecule has 4 aromatic rings. The summed E-state index contributed by atoms with van der Waals surface area (Å²) in [4.78, 5) is 48.6. The molecule has 6 N–H and O–H groups in total. The molecule has 0 saturated carbocycles. The lowest BCUT2D eigenvalue weighted by Crippen LogP contribution is -2.55. The molecule has 0 saturated heterocycles. The molecule has 3 amide bonds. The Balaban J connectivity index is 0.000000533. The number of nitrogens with one attached hydrogen (secondary N) is 2. The predicted molar refractivity (Wildman–Crippen MR) is 186 cm³/mol. The zero-order valence-electron chi connectivity index (χ0n) is 27.4. The van der Waals surface area contributed by atoms with Crippen LogP contribution in [0.1, 0.15) is 54.9 Å². The summed E-state index contributed by atoms with van der Waals surface area (Å²) in [5.74, 6) is -2.88. The lowest BCUT2D eigenvalue weighted by molar-refractivity contribution is -0.137. The van der Waals surface area contributed by atoms with Crippen LogP contribution in [-0.2, 0) is 32.0 Å². The third kappa shape index (κ3) is 12.5. The number of benzene rings is 4. The maximum absolute atomic E-state index is 13.6. The Kier molecular flexibility index (Phi) is 15.0. The molecule has 0 aliphatic rings. The number of nitrogens with two attached hydrogens (primary N) is 1. The number of hydrogen-bond acceptors (Lipinski definition) is 5. The number of aliphatic hydroxyl groups excluding tert-OH is 1. The van der Waals surface area contributed by atoms with E-state index in [2.05, 4.69) is 10.6 Å². The van der Waals surface area contributed by atoms with Crippen LogP contribution in [0.3, 0.4) is 0 Å². The first-order valence-corrected chi connectivity index (χ1v) is 16.0. The van der Waals surface area contributed by atoms with Gasteiger partial charge in [-0.15, -0.1) is 0 Å². The summed E-state index contributed by atoms with van der Waals surface area (Å²) in [6.45, 7) is 3.69. The number of carboxylic acids is 1. The standard InChI is InChI=1S/C31H36N2O5.C8H9NO/c1-21(2)29(33-30(37)28(23-14-8-4-9-15-23)24-16-10-5-11-17-24)31(38)32-25(26(34)18-19-27(35)36)20-22-12-6-3-7-13-22;9-8(10)6-7-4-2-1-3-5-7/h3-17,21,25-26,28-29,34H,18-20H2,1-2H3,(H,32,38)(H,33,37)(H,35,36);1-5H,6H2,(H2,9,10)/t25-,26-,29?;/m0./s1. The van der Waals surface area contributed by atoms with Crippen molar-refractivity contribution in [2.45, 2.75) is 63.6 Å². The van der Waals surface area contributed by atoms with Crippen molar-refractivity contribution in [1.29, 1.82) is 0 Å². The van der Waals surface area contributed by atoms with Crippen molar-refractivity contribution < 1.29 is 29.4 Å². The van der Waals surface area contributed by atoms with E-state index in [0.717, 1.165) is 22.3 Å². The van der Waals surface area contributed by atoms with Crippen LogP contribution in [0.4, 0.5) is 0 Å². The monoisotopic (exact) mass is 651 g/mol. The third-order valence-corrected chi connectivity index (χ3v) is 7.74. The molecule has 0 aromatic heterocycles. The maximum Gasteiger partial charge on any atom is 0.303 e. The van der Waals surface area contributed by atoms with E-state index in [9.17, 15) is 24.3 Å². The molecule has 0 aliphatic heterocycles. The Hall–Kier alpha value is -5.28. The first-order chi connectivity index (χ1) is 23.0. The van der Waals surface area contributed by atoms with Gasteiger partial charge in [-0.3, -0.25) is 19.2 Å². The van der Waals surface area contributed by atoms with E-state index >= 15 is 0 Å². The van der Waals surface area contributed by atoms with E-state index in [0.29, 0.717) is 12.8 Å². The Bertz CT molecular complexity index is 1530. The molecule has 1 unspecified atom stereocenters. The van der Waals surface area contributed by atoms with Crippen molar-refractivity contribution in [2.75, 3.05) is 0 Å². The Morgan fingerprint density at radius 3 is 1.56 bits per heavy atom. The van der Waals surface area contributed by atoms with Gasteiger partial charge in [-0.2, -0.15) is 0 Å². The van der Waals surface area contributed by atoms with Crippen LogP contribution in [0.5, 0.6) is 0 Å². The van der Waals surface area contributed by atoms with Crippen LogP contribution < -0.4 is 16.4 Å². The van der Waals surface area contributed by atoms with Crippen molar-refractivity contribution in [3.05, 3.63) is 144 Å². The number of hydrogen-bond donors (Lipinski definition) is 5. The molecular formula is C39H45N3O6. The number of aliphatic carboxylic acids is 1. The highest BCUT2D eigenvalue weighted by molar-refractivity contribution is 5.92. The summed E-state index contributed by atoms with van der Waals surface area (Å²) in [6.07, 6.45) is -0.637. The number of carbonyl (C=O) groups is 4. The molecule has 0 spiro atoms. The van der Waals surface area contributed by atoms with E-state index in [-0.39, 0.29) is 30.6 Å². The van der Waals surface area contributed by atoms with Gasteiger partial charge in [0.15, 0.2) is 0 Å². The van der Waals surface area contributed by atoms with Crippen LogP contribution >= 0.6 is 0 Å². The molecule has 0 aliphatic carbocycles. The van der Waals surface area contributed by atoms with Gasteiger partial charge < -0.3 is 26.6 Å². The fraction of sp³-hybridized carbons (Fsp3) is 0.282. The zero-order valence-corrected chi connectivity index (χ0v) is 27.4. The Morgan fingerprint density at radius 1 is 0.667 bits per heavy atom. The van der Waals surface area contributed by atoms with Gasteiger partial charge in [0, 0.05) is 6.42 Å². The number of carbonyl (C=O) groups excluding carboxylic acids is 3. The Morgan fingerprint density at radius 2 is 1.12 bits per heavy atom. The first kappa shape index (κ1) is 37.2. The van der Waals surface area contributed by atoms with Crippen LogP contribution in [0.15, 0.2) is 121 Å². The van der Waals surface area contributed by atoms with Crippen LogP contribution in [0, 0.1) is 5.92 Å². The SMILES string of the molecule is CC(C)C(NC(=O)C(c1ccccc1)c1ccccc1)C(=O)N[C@@H](Cc1ccccc1)[C@@H](O)CCC(=O)O.NC(=O)Cc1ccccc1. The van der Waals surface area contributed by atoms with Gasteiger partial charge in [0.05, 0.1) is 24.5 Å². The van der Waals surface area contributed by atoms with Crippen molar-refractivity contribution in [3.63, 3.8) is 0 Å². The van der Waals surface area contributed by atoms with Gasteiger partial charge in [0.1, 0.15) is 6.04 Å². The number of amides is 3. The van der Waals surface area contributed by atoms with Crippen molar-refractivity contribution >= 4 is 23.7 Å². The van der Waals surface area contributed by atoms with Crippen LogP contribution in [0.2, 0.25) is 0 Å². The average molecular weight is 652 g/mol. The molecule has 4 aromatic carbocycles. The predicted octanol–water partition coefficient (Wildman–Crippen LogP) is 4.63. The summed E-state index contributed by atoms with van der Waals surface area (Å²) < 4.78 is 0. The van der Waals surface area contributed by atoms with Crippen molar-refractivity contribution in [2.24, 2.45) is 11.7 Å². The van der Waals surface area contributed by atoms with Gasteiger partial charge in [0.2, 0.25) is 17.7 Å². The minimum Gasteiger partial charge on any atom is -0.481 e. The number of rotatable bonds is 15. The molecule has 48 heavy (non-hydrogen) atoms. The van der Waals surface area contributed by atoms with E-state index in [1.54, 1.807) is 0 Å². The highest BCUT2D eigenvalue weighted by Gasteiger charge is 2.32. The molecule has 0 fully saturated rings. The maximum atomic E-state index is 13.6. The van der Waals surface area contributed by atoms with Crippen molar-refractivity contribution in [1.82, 2.24) is 10.6 Å². The fourth-order valence-electron chi connectivity index (χ4n) is 5.25. The second-order valence-electron chi connectivity index (χ2n) is 11.9. The summed E-state index contributed by atoms with van der Waals surface area (Å²) in [5, 5.41) is 25.7. The molecule has 0 bridgehead atoms. The van der Waals surface area contributed by atoms with Crippen LogP contribution in [0.25, 0.3) is 0 Å². The summed E-state index contributed by atoms with van der Waals surface area (Å²) in [7, 11) is 0. The lowest BCUT2D eigenvalue weighted by Gasteiger charge is -2.29. The van der Waals surface area contributed by atoms with E-state index in [4.69, 9.17) is 10.8 Å². The highest BCUT2D eigenvalue weighted by atomic mass is 16.4. The zero-order chi connectivity index (χ0) is 34.9. The van der Waals surface area contributed by atoms with Gasteiger partial charge in [0.25, 0.3) is 0 Å². The molecule has 0 radical (unpaired) electrons. The summed E-state index contributed by atoms with van der Waals surface area (Å²) in [6, 6.07) is 36.0. The average Bonchev–Trinajstić information content (AvgIpc) is 3.07. The second-order valence-corrected chi connectivity index (χ2v) is 11.9. The van der Waals surface area contributed by atoms with E-state index < -0.39 is 36.0 Å². The van der Waals surface area contributed by atoms with Gasteiger partial charge in [-0.05, 0) is 41.0 Å². The van der Waals surface area contributed by atoms with E-state index in [1.165, 1.54) is 0 Å². The Labute approximate surface area is 282 Å². The summed E-state index contributed by atoms with van der Waals surface area (Å²) in [5.41, 5.74) is 8.47. The molecule has 0 heterocycles. The van der Waals surface area contributed by atoms with Gasteiger partial charge in [-0.1, -0.05) is 135 Å². The van der Waals surface area contributed by atoms with E-state index in [1.807, 2.05) is 135 Å². The first-order valence-electron chi connectivity index (χ1n) is 16.0. The lowest BCUT2D eigenvalue weighted by atomic mass is 9.89. The fourth-order valence-corrected chi connectivity index (χ4v) is 5.25. The number of primary amides is 1. The third-order valence-electron chi connectivity index (χ3n) is 7.74. The van der Waals surface area contributed by atoms with Gasteiger partial charge >= 0.3 is 5.97 Å². The minimum absolute atomic E-state index is 0.00406. The topological polar surface area (TPSA) is 159 Å². The van der Waals surface area contributed by atoms with Crippen LogP contribution in [-0.4, -0.2) is 52.1 Å². The number of carboxylic acid groups (broad SMARTS) is 1. The molecule has 9 nitrogen and oxygen atoms in total. The molecule has 3 atom stereocenters. The largest absolute Gasteiger partial charge is 0.481 e. The van der Waals surface area contributed by atoms with Crippen molar-refractivity contribution in [3.8, 4) is 0 Å². The molecule has 252 valence electrons. The normalized spacial score (nSPS) is 12.6. The molecule has 9 heteroatoms. The molecule has 4 rings (SSSR count). The highest BCUT2D eigenvalue weighted by Crippen LogP contribution is 2.25. The number of aliphatic hydroxyl groups is 1. The summed E-state index contributed by atoms with van der Waals surface area (Å²) >= 11 is 0. The van der Waals surface area contributed by atoms with Gasteiger partial charge in [-0.25, -0.2) is 0 Å².